The summed E-state index contributed by atoms with van der Waals surface area (Å²) in [5.74, 6) is 7.70. The molecule has 19 heavy (non-hydrogen) atoms. The van der Waals surface area contributed by atoms with Gasteiger partial charge < -0.3 is 0 Å². The van der Waals surface area contributed by atoms with Gasteiger partial charge in [0.2, 0.25) is 0 Å². The molecule has 0 amide bonds. The van der Waals surface area contributed by atoms with Gasteiger partial charge in [0.05, 0.1) is 0 Å². The second kappa shape index (κ2) is 6.70. The molecule has 0 bridgehead atoms. The molecule has 0 spiro atoms. The SMILES string of the molecule is CC[NH][Zr]([NH]CC)([NH]CC)([C]1=CC=CC1)[Ge]([CH3])([CH3])[CH3]. The molecule has 0 aromatic carbocycles. The average molecular weight is 406 g/mol. The number of allylic oxidation sites excluding steroid dienone is 4. The third-order valence-electron chi connectivity index (χ3n) is 4.50. The molecule has 0 radical (unpaired) electrons. The van der Waals surface area contributed by atoms with Gasteiger partial charge in [0, 0.05) is 0 Å². The minimum absolute atomic E-state index is 1.05. The zero-order valence-corrected chi connectivity index (χ0v) is 18.1. The Balaban J connectivity index is 3.47. The van der Waals surface area contributed by atoms with E-state index in [2.05, 4.69) is 66.0 Å². The maximum atomic E-state index is 4.06. The molecule has 0 unspecified atom stereocenters. The summed E-state index contributed by atoms with van der Waals surface area (Å²) in [5, 5.41) is 0. The summed E-state index contributed by atoms with van der Waals surface area (Å²) < 4.78 is 13.8. The zero-order valence-electron chi connectivity index (χ0n) is 13.6. The Morgan fingerprint density at radius 2 is 1.47 bits per heavy atom. The van der Waals surface area contributed by atoms with Gasteiger partial charge in [0.25, 0.3) is 0 Å². The van der Waals surface area contributed by atoms with Crippen LogP contribution in [0.2, 0.25) is 17.3 Å². The van der Waals surface area contributed by atoms with Crippen molar-refractivity contribution in [2.24, 2.45) is 0 Å². The fourth-order valence-corrected chi connectivity index (χ4v) is 60.7. The first-order valence-electron chi connectivity index (χ1n) is 7.65. The quantitative estimate of drug-likeness (QED) is 0.543. The van der Waals surface area contributed by atoms with Crippen molar-refractivity contribution in [2.75, 3.05) is 19.6 Å². The molecule has 3 nitrogen and oxygen atoms in total. The molecule has 1 aliphatic rings. The van der Waals surface area contributed by atoms with Crippen molar-refractivity contribution in [1.29, 1.82) is 0 Å². The second-order valence-electron chi connectivity index (χ2n) is 6.42. The third kappa shape index (κ3) is 2.89. The van der Waals surface area contributed by atoms with Crippen molar-refractivity contribution < 1.29 is 17.1 Å². The van der Waals surface area contributed by atoms with Crippen molar-refractivity contribution >= 4 is 9.48 Å². The fourth-order valence-electron chi connectivity index (χ4n) is 3.68. The molecule has 1 aliphatic carbocycles. The van der Waals surface area contributed by atoms with Gasteiger partial charge in [0.15, 0.2) is 0 Å². The summed E-state index contributed by atoms with van der Waals surface area (Å²) in [6.07, 6.45) is 8.06. The Morgan fingerprint density at radius 1 is 1.00 bits per heavy atom. The summed E-state index contributed by atoms with van der Waals surface area (Å²) in [4.78, 5) is 0. The average Bonchev–Trinajstić information content (AvgIpc) is 2.82. The number of hydrogen-bond acceptors (Lipinski definition) is 3. The topological polar surface area (TPSA) is 36.1 Å². The molecule has 0 aromatic heterocycles. The van der Waals surface area contributed by atoms with E-state index in [4.69, 9.17) is 0 Å². The van der Waals surface area contributed by atoms with Crippen LogP contribution >= 0.6 is 0 Å². The summed E-state index contributed by atoms with van der Waals surface area (Å²) >= 11 is -3.47. The first-order valence-corrected chi connectivity index (χ1v) is 26.3. The molecule has 0 aliphatic heterocycles. The predicted octanol–water partition coefficient (Wildman–Crippen LogP) is 2.93. The van der Waals surface area contributed by atoms with Crippen LogP contribution in [0.5, 0.6) is 0 Å². The summed E-state index contributed by atoms with van der Waals surface area (Å²) in [6.45, 7) is 9.89. The minimum atomic E-state index is -3.47. The first-order chi connectivity index (χ1) is 8.87. The number of nitrogens with one attached hydrogen (secondary N) is 3. The molecular formula is C14H32GeN3Zr. The van der Waals surface area contributed by atoms with Gasteiger partial charge in [0.1, 0.15) is 0 Å². The van der Waals surface area contributed by atoms with Crippen molar-refractivity contribution in [3.05, 3.63) is 21.5 Å². The van der Waals surface area contributed by atoms with Gasteiger partial charge in [-0.1, -0.05) is 0 Å². The number of hydrogen-bond donors (Lipinski definition) is 3. The van der Waals surface area contributed by atoms with Crippen LogP contribution in [0.4, 0.5) is 0 Å². The number of rotatable bonds is 8. The molecule has 5 heteroatoms. The normalized spacial score (nSPS) is 18.2. The summed E-state index contributed by atoms with van der Waals surface area (Å²) in [7, 11) is -2.02. The van der Waals surface area contributed by atoms with E-state index in [9.17, 15) is 0 Å². The van der Waals surface area contributed by atoms with Crippen LogP contribution in [0.1, 0.15) is 27.2 Å². The van der Waals surface area contributed by atoms with Crippen LogP contribution < -0.4 is 9.78 Å². The van der Waals surface area contributed by atoms with Gasteiger partial charge in [-0.15, -0.1) is 0 Å². The predicted molar refractivity (Wildman–Crippen MR) is 86.2 cm³/mol. The van der Waals surface area contributed by atoms with Gasteiger partial charge in [-0.3, -0.25) is 0 Å². The monoisotopic (exact) mass is 406 g/mol. The van der Waals surface area contributed by atoms with Gasteiger partial charge >= 0.3 is 122 Å². The van der Waals surface area contributed by atoms with Gasteiger partial charge in [-0.05, 0) is 0 Å². The third-order valence-corrected chi connectivity index (χ3v) is 71.6. The van der Waals surface area contributed by atoms with E-state index >= 15 is 0 Å². The van der Waals surface area contributed by atoms with Crippen molar-refractivity contribution in [2.45, 2.75) is 44.5 Å². The zero-order chi connectivity index (χ0) is 14.6. The molecule has 0 saturated carbocycles. The molecule has 0 atom stereocenters. The van der Waals surface area contributed by atoms with Crippen LogP contribution in [-0.2, 0) is 17.1 Å². The Kier molecular flexibility index (Phi) is 6.29. The molecule has 3 N–H and O–H groups in total. The molecule has 0 aromatic rings. The second-order valence-corrected chi connectivity index (χ2v) is 57.8. The van der Waals surface area contributed by atoms with E-state index in [1.54, 1.807) is 3.28 Å². The van der Waals surface area contributed by atoms with Crippen LogP contribution in [0.3, 0.4) is 0 Å². The van der Waals surface area contributed by atoms with E-state index in [1.165, 1.54) is 0 Å². The molecule has 0 saturated heterocycles. The van der Waals surface area contributed by atoms with Crippen LogP contribution in [0, 0.1) is 0 Å². The van der Waals surface area contributed by atoms with Crippen molar-refractivity contribution in [1.82, 2.24) is 9.78 Å². The van der Waals surface area contributed by atoms with Crippen molar-refractivity contribution in [3.63, 3.8) is 0 Å². The van der Waals surface area contributed by atoms with E-state index in [1.807, 2.05) is 0 Å². The van der Waals surface area contributed by atoms with E-state index < -0.39 is 26.6 Å². The molecular weight excluding hydrogens is 374 g/mol. The Hall–Kier alpha value is 0.786. The molecule has 0 fully saturated rings. The standard InChI is InChI=1S/C5H5.C3H9Ge.3C2H6N.Zr/c1-2-4-5-3-1;1-4(2)3;3*1-2-3;/h1-3H,4H2;1-3H3;3*3H,2H2,1H3;/q;;3*-1;+3. The van der Waals surface area contributed by atoms with Crippen LogP contribution in [0.15, 0.2) is 21.5 Å². The van der Waals surface area contributed by atoms with E-state index in [0.717, 1.165) is 26.1 Å². The van der Waals surface area contributed by atoms with Crippen LogP contribution in [-0.4, -0.2) is 29.1 Å². The molecule has 111 valence electrons. The Bertz CT molecular complexity index is 352. The van der Waals surface area contributed by atoms with Crippen LogP contribution in [0.25, 0.3) is 0 Å². The Morgan fingerprint density at radius 3 is 1.74 bits per heavy atom. The van der Waals surface area contributed by atoms with Gasteiger partial charge in [-0.2, -0.15) is 0 Å². The maximum absolute atomic E-state index is 4.06. The Labute approximate surface area is 121 Å². The van der Waals surface area contributed by atoms with Crippen molar-refractivity contribution in [3.8, 4) is 0 Å². The first kappa shape index (κ1) is 17.8. The molecule has 1 rings (SSSR count). The van der Waals surface area contributed by atoms with E-state index in [0.29, 0.717) is 0 Å². The summed E-state index contributed by atoms with van der Waals surface area (Å²) in [5.41, 5.74) is 0. The summed E-state index contributed by atoms with van der Waals surface area (Å²) in [6, 6.07) is 0. The molecule has 0 heterocycles. The van der Waals surface area contributed by atoms with Gasteiger partial charge in [-0.25, -0.2) is 0 Å². The van der Waals surface area contributed by atoms with E-state index in [-0.39, 0.29) is 0 Å². The fraction of sp³-hybridized carbons (Fsp3) is 0.714.